The third kappa shape index (κ3) is 2.73. The summed E-state index contributed by atoms with van der Waals surface area (Å²) in [5.41, 5.74) is 18.5. The fraction of sp³-hybridized carbons (Fsp3) is 0.316. The lowest BCUT2D eigenvalue weighted by Crippen LogP contribution is -2.45. The maximum Gasteiger partial charge on any atom is 0.212 e. The Morgan fingerprint density at radius 1 is 1.24 bits per heavy atom. The van der Waals surface area contributed by atoms with Gasteiger partial charge in [-0.15, -0.1) is 0 Å². The zero-order valence-corrected chi connectivity index (χ0v) is 14.5. The highest BCUT2D eigenvalue weighted by atomic mass is 16.5. The first-order valence-corrected chi connectivity index (χ1v) is 8.39. The van der Waals surface area contributed by atoms with Gasteiger partial charge in [0.15, 0.2) is 0 Å². The molecule has 6 heteroatoms. The van der Waals surface area contributed by atoms with E-state index < -0.39 is 5.79 Å². The topological polar surface area (TPSA) is 88.9 Å². The van der Waals surface area contributed by atoms with E-state index in [4.69, 9.17) is 16.2 Å². The summed E-state index contributed by atoms with van der Waals surface area (Å²) in [5, 5.41) is 3.33. The summed E-state index contributed by atoms with van der Waals surface area (Å²) in [6, 6.07) is 9.87. The Kier molecular flexibility index (Phi) is 3.67. The summed E-state index contributed by atoms with van der Waals surface area (Å²) in [4.78, 5) is 6.89. The molecule has 6 nitrogen and oxygen atoms in total. The van der Waals surface area contributed by atoms with Crippen LogP contribution < -0.4 is 21.5 Å². The van der Waals surface area contributed by atoms with Crippen LogP contribution in [0.4, 0.5) is 11.4 Å². The number of nitrogens with two attached hydrogens (primary N) is 2. The standard InChI is InChI=1S/C19H23N5O/c1-24-6-5-12-8-18(25-2)16(7-14(12)11-24)19(21)22-10-13-3-4-15(20)9-17(13)23-19/h3-4,7-10,23H,5-6,11,20-21H2,1-2H3. The number of benzene rings is 2. The van der Waals surface area contributed by atoms with Crippen LogP contribution in [0.2, 0.25) is 0 Å². The Labute approximate surface area is 147 Å². The maximum atomic E-state index is 6.65. The number of anilines is 2. The minimum absolute atomic E-state index is 0.683. The van der Waals surface area contributed by atoms with Crippen molar-refractivity contribution in [1.82, 2.24) is 4.90 Å². The summed E-state index contributed by atoms with van der Waals surface area (Å²) in [7, 11) is 3.79. The van der Waals surface area contributed by atoms with E-state index in [1.807, 2.05) is 18.2 Å². The quantitative estimate of drug-likeness (QED) is 0.728. The Morgan fingerprint density at radius 3 is 2.88 bits per heavy atom. The molecule has 0 aromatic heterocycles. The number of fused-ring (bicyclic) bond motifs is 2. The molecule has 1 unspecified atom stereocenters. The van der Waals surface area contributed by atoms with E-state index in [2.05, 4.69) is 34.4 Å². The summed E-state index contributed by atoms with van der Waals surface area (Å²) in [6.45, 7) is 1.95. The lowest BCUT2D eigenvalue weighted by atomic mass is 9.93. The summed E-state index contributed by atoms with van der Waals surface area (Å²) < 4.78 is 5.64. The van der Waals surface area contributed by atoms with Gasteiger partial charge < -0.3 is 20.7 Å². The molecular weight excluding hydrogens is 314 g/mol. The molecule has 2 heterocycles. The molecule has 0 saturated heterocycles. The number of likely N-dealkylation sites (N-methyl/N-ethyl adjacent to an activating group) is 1. The Hall–Kier alpha value is -2.57. The second-order valence-electron chi connectivity index (χ2n) is 6.81. The van der Waals surface area contributed by atoms with Gasteiger partial charge in [-0.2, -0.15) is 0 Å². The smallest absolute Gasteiger partial charge is 0.212 e. The van der Waals surface area contributed by atoms with Gasteiger partial charge in [0.2, 0.25) is 5.79 Å². The van der Waals surface area contributed by atoms with Crippen molar-refractivity contribution in [1.29, 1.82) is 0 Å². The van der Waals surface area contributed by atoms with Crippen LogP contribution in [0, 0.1) is 0 Å². The van der Waals surface area contributed by atoms with Gasteiger partial charge in [-0.3, -0.25) is 5.73 Å². The van der Waals surface area contributed by atoms with Gasteiger partial charge in [-0.05, 0) is 54.9 Å². The molecule has 2 aliphatic heterocycles. The lowest BCUT2D eigenvalue weighted by Gasteiger charge is -2.34. The minimum Gasteiger partial charge on any atom is -0.496 e. The number of nitrogens with zero attached hydrogens (tertiary/aromatic N) is 2. The zero-order chi connectivity index (χ0) is 17.6. The van der Waals surface area contributed by atoms with Gasteiger partial charge in [0.05, 0.1) is 12.7 Å². The van der Waals surface area contributed by atoms with Crippen molar-refractivity contribution in [2.45, 2.75) is 18.8 Å². The van der Waals surface area contributed by atoms with Gasteiger partial charge >= 0.3 is 0 Å². The van der Waals surface area contributed by atoms with E-state index in [0.29, 0.717) is 5.69 Å². The van der Waals surface area contributed by atoms with Crippen LogP contribution in [-0.4, -0.2) is 31.8 Å². The Morgan fingerprint density at radius 2 is 2.08 bits per heavy atom. The Bertz CT molecular complexity index is 863. The number of nitrogens with one attached hydrogen (secondary N) is 1. The normalized spacial score (nSPS) is 22.0. The van der Waals surface area contributed by atoms with Crippen LogP contribution >= 0.6 is 0 Å². The predicted molar refractivity (Wildman–Crippen MR) is 101 cm³/mol. The van der Waals surface area contributed by atoms with E-state index in [1.165, 1.54) is 11.1 Å². The molecule has 0 spiro atoms. The molecule has 25 heavy (non-hydrogen) atoms. The molecule has 2 aromatic carbocycles. The van der Waals surface area contributed by atoms with Crippen molar-refractivity contribution >= 4 is 17.6 Å². The second kappa shape index (κ2) is 5.75. The molecule has 1 atom stereocenters. The zero-order valence-electron chi connectivity index (χ0n) is 14.5. The maximum absolute atomic E-state index is 6.65. The number of nitrogen functional groups attached to an aromatic ring is 1. The van der Waals surface area contributed by atoms with Crippen LogP contribution in [-0.2, 0) is 18.8 Å². The molecule has 130 valence electrons. The summed E-state index contributed by atoms with van der Waals surface area (Å²) in [5.74, 6) is -0.334. The molecule has 0 fully saturated rings. The molecule has 2 aliphatic rings. The van der Waals surface area contributed by atoms with Crippen molar-refractivity contribution in [2.24, 2.45) is 10.7 Å². The highest BCUT2D eigenvalue weighted by Gasteiger charge is 2.34. The molecule has 0 saturated carbocycles. The number of methoxy groups -OCH3 is 1. The molecule has 4 rings (SSSR count). The first-order chi connectivity index (χ1) is 12.0. The fourth-order valence-electron chi connectivity index (χ4n) is 3.54. The van der Waals surface area contributed by atoms with Crippen molar-refractivity contribution in [3.8, 4) is 5.75 Å². The highest BCUT2D eigenvalue weighted by molar-refractivity contribution is 5.91. The molecule has 0 bridgehead atoms. The first-order valence-electron chi connectivity index (χ1n) is 8.39. The lowest BCUT2D eigenvalue weighted by molar-refractivity contribution is 0.310. The van der Waals surface area contributed by atoms with Crippen LogP contribution in [0.1, 0.15) is 22.3 Å². The predicted octanol–water partition coefficient (Wildman–Crippen LogP) is 1.88. The van der Waals surface area contributed by atoms with Gasteiger partial charge in [-0.1, -0.05) is 0 Å². The SMILES string of the molecule is COc1cc2c(cc1C1(N)N=Cc3ccc(N)cc3N1)CN(C)CC2. The minimum atomic E-state index is -1.09. The van der Waals surface area contributed by atoms with Gasteiger partial charge in [0.1, 0.15) is 5.75 Å². The fourth-order valence-corrected chi connectivity index (χ4v) is 3.54. The number of hydrogen-bond donors (Lipinski definition) is 3. The molecule has 2 aromatic rings. The molecular formula is C19H23N5O. The summed E-state index contributed by atoms with van der Waals surface area (Å²) in [6.07, 6.45) is 2.80. The average molecular weight is 337 g/mol. The van der Waals surface area contributed by atoms with Gasteiger partial charge in [0.25, 0.3) is 0 Å². The molecule has 0 amide bonds. The van der Waals surface area contributed by atoms with E-state index in [9.17, 15) is 0 Å². The van der Waals surface area contributed by atoms with Crippen molar-refractivity contribution in [3.63, 3.8) is 0 Å². The van der Waals surface area contributed by atoms with Crippen molar-refractivity contribution in [3.05, 3.63) is 52.6 Å². The third-order valence-electron chi connectivity index (χ3n) is 4.95. The van der Waals surface area contributed by atoms with Crippen molar-refractivity contribution in [2.75, 3.05) is 31.8 Å². The average Bonchev–Trinajstić information content (AvgIpc) is 2.60. The van der Waals surface area contributed by atoms with E-state index in [0.717, 1.165) is 42.1 Å². The molecule has 5 N–H and O–H groups in total. The number of rotatable bonds is 2. The van der Waals surface area contributed by atoms with Gasteiger partial charge in [-0.25, -0.2) is 4.99 Å². The number of aliphatic imine (C=N–C) groups is 1. The number of hydrogen-bond acceptors (Lipinski definition) is 6. The Balaban J connectivity index is 1.80. The van der Waals surface area contributed by atoms with E-state index in [1.54, 1.807) is 13.3 Å². The number of ether oxygens (including phenoxy) is 1. The van der Waals surface area contributed by atoms with Crippen LogP contribution in [0.25, 0.3) is 0 Å². The first kappa shape index (κ1) is 15.9. The van der Waals surface area contributed by atoms with Crippen LogP contribution in [0.15, 0.2) is 35.3 Å². The van der Waals surface area contributed by atoms with Crippen molar-refractivity contribution < 1.29 is 4.74 Å². The largest absolute Gasteiger partial charge is 0.496 e. The van der Waals surface area contributed by atoms with Crippen LogP contribution in [0.5, 0.6) is 5.75 Å². The summed E-state index contributed by atoms with van der Waals surface area (Å²) >= 11 is 0. The third-order valence-corrected chi connectivity index (χ3v) is 4.95. The van der Waals surface area contributed by atoms with Crippen LogP contribution in [0.3, 0.4) is 0 Å². The highest BCUT2D eigenvalue weighted by Crippen LogP contribution is 2.37. The molecule has 0 aliphatic carbocycles. The van der Waals surface area contributed by atoms with Gasteiger partial charge in [0, 0.05) is 36.2 Å². The van der Waals surface area contributed by atoms with E-state index >= 15 is 0 Å². The second-order valence-corrected chi connectivity index (χ2v) is 6.81. The van der Waals surface area contributed by atoms with E-state index in [-0.39, 0.29) is 0 Å². The molecule has 0 radical (unpaired) electrons. The monoisotopic (exact) mass is 337 g/mol.